The van der Waals surface area contributed by atoms with Crippen LogP contribution in [0.25, 0.3) is 0 Å². The number of hydrogen-bond acceptors (Lipinski definition) is 2. The molecule has 0 aromatic rings. The van der Waals surface area contributed by atoms with Crippen molar-refractivity contribution in [2.75, 3.05) is 13.2 Å². The molecule has 0 aromatic heterocycles. The van der Waals surface area contributed by atoms with Gasteiger partial charge < -0.3 is 10.1 Å². The summed E-state index contributed by atoms with van der Waals surface area (Å²) < 4.78 is 5.58. The van der Waals surface area contributed by atoms with Crippen LogP contribution in [0.4, 0.5) is 0 Å². The van der Waals surface area contributed by atoms with Crippen LogP contribution in [0.3, 0.4) is 0 Å². The Kier molecular flexibility index (Phi) is 12.5. The second kappa shape index (κ2) is 13.1. The van der Waals surface area contributed by atoms with E-state index in [1.54, 1.807) is 6.92 Å². The van der Waals surface area contributed by atoms with Gasteiger partial charge in [-0.2, -0.15) is 0 Å². The van der Waals surface area contributed by atoms with Crippen LogP contribution in [-0.2, 0) is 4.74 Å². The van der Waals surface area contributed by atoms with Gasteiger partial charge in [-0.3, -0.25) is 0 Å². The van der Waals surface area contributed by atoms with Crippen molar-refractivity contribution >= 4 is 5.71 Å². The molecule has 0 saturated heterocycles. The summed E-state index contributed by atoms with van der Waals surface area (Å²) in [5, 5.41) is 7.39. The van der Waals surface area contributed by atoms with Gasteiger partial charge in [-0.25, -0.2) is 0 Å². The van der Waals surface area contributed by atoms with E-state index in [-0.39, 0.29) is 0 Å². The molecule has 2 nitrogen and oxygen atoms in total. The minimum absolute atomic E-state index is 0.454. The lowest BCUT2D eigenvalue weighted by atomic mass is 10.1. The molecule has 0 aromatic carbocycles. The fourth-order valence-electron chi connectivity index (χ4n) is 1.99. The summed E-state index contributed by atoms with van der Waals surface area (Å²) >= 11 is 0. The Balaban J connectivity index is 4.11. The highest BCUT2D eigenvalue weighted by Crippen LogP contribution is 2.12. The lowest BCUT2D eigenvalue weighted by Crippen LogP contribution is -2.06. The summed E-state index contributed by atoms with van der Waals surface area (Å²) in [6.07, 6.45) is 13.2. The number of unbranched alkanes of at least 4 members (excludes halogenated alkanes) is 4. The normalized spacial score (nSPS) is 11.5. The molecule has 0 aliphatic rings. The molecule has 0 amide bonds. The summed E-state index contributed by atoms with van der Waals surface area (Å²) in [5.41, 5.74) is 3.36. The maximum Gasteiger partial charge on any atom is 0.0843 e. The topological polar surface area (TPSA) is 33.1 Å². The van der Waals surface area contributed by atoms with E-state index in [0.29, 0.717) is 18.9 Å². The van der Waals surface area contributed by atoms with Crippen molar-refractivity contribution in [1.82, 2.24) is 0 Å². The van der Waals surface area contributed by atoms with Crippen LogP contribution >= 0.6 is 0 Å². The van der Waals surface area contributed by atoms with Gasteiger partial charge in [-0.15, -0.1) is 0 Å². The van der Waals surface area contributed by atoms with E-state index < -0.39 is 0 Å². The Labute approximate surface area is 125 Å². The Morgan fingerprint density at radius 2 is 1.70 bits per heavy atom. The van der Waals surface area contributed by atoms with Crippen molar-refractivity contribution in [2.24, 2.45) is 0 Å². The summed E-state index contributed by atoms with van der Waals surface area (Å²) in [5.74, 6) is 0. The molecule has 0 radical (unpaired) electrons. The Bertz CT molecular complexity index is 311. The zero-order valence-corrected chi connectivity index (χ0v) is 13.9. The maximum atomic E-state index is 7.39. The molecule has 0 spiro atoms. The van der Waals surface area contributed by atoms with E-state index in [2.05, 4.69) is 32.9 Å². The quantitative estimate of drug-likeness (QED) is 0.278. The summed E-state index contributed by atoms with van der Waals surface area (Å²) in [6.45, 7) is 9.45. The van der Waals surface area contributed by atoms with Crippen LogP contribution < -0.4 is 0 Å². The van der Waals surface area contributed by atoms with Crippen molar-refractivity contribution in [2.45, 2.75) is 72.6 Å². The molecular formula is C18H33NO. The molecule has 0 rings (SSSR count). The van der Waals surface area contributed by atoms with Crippen molar-refractivity contribution in [1.29, 1.82) is 5.41 Å². The summed E-state index contributed by atoms with van der Waals surface area (Å²) in [4.78, 5) is 0. The number of rotatable bonds is 12. The van der Waals surface area contributed by atoms with E-state index in [4.69, 9.17) is 10.1 Å². The molecule has 0 fully saturated rings. The van der Waals surface area contributed by atoms with Crippen molar-refractivity contribution < 1.29 is 4.74 Å². The predicted molar refractivity (Wildman–Crippen MR) is 89.7 cm³/mol. The average Bonchev–Trinajstić information content (AvgIpc) is 2.37. The minimum atomic E-state index is 0.454. The summed E-state index contributed by atoms with van der Waals surface area (Å²) in [6, 6.07) is 0. The first kappa shape index (κ1) is 19.1. The van der Waals surface area contributed by atoms with Crippen LogP contribution in [0.2, 0.25) is 0 Å². The highest BCUT2D eigenvalue weighted by molar-refractivity contribution is 5.79. The van der Waals surface area contributed by atoms with Gasteiger partial charge >= 0.3 is 0 Å². The van der Waals surface area contributed by atoms with Gasteiger partial charge in [0.05, 0.1) is 13.2 Å². The minimum Gasteiger partial charge on any atom is -0.371 e. The lowest BCUT2D eigenvalue weighted by molar-refractivity contribution is 0.193. The summed E-state index contributed by atoms with van der Waals surface area (Å²) in [7, 11) is 0. The predicted octanol–water partition coefficient (Wildman–Crippen LogP) is 5.69. The van der Waals surface area contributed by atoms with Crippen LogP contribution in [0.1, 0.15) is 72.6 Å². The van der Waals surface area contributed by atoms with Gasteiger partial charge in [-0.1, -0.05) is 43.9 Å². The molecular weight excluding hydrogens is 246 g/mol. The van der Waals surface area contributed by atoms with E-state index in [0.717, 1.165) is 19.3 Å². The molecule has 0 atom stereocenters. The van der Waals surface area contributed by atoms with Gasteiger partial charge in [-0.05, 0) is 52.0 Å². The van der Waals surface area contributed by atoms with Crippen molar-refractivity contribution in [3.63, 3.8) is 0 Å². The van der Waals surface area contributed by atoms with Crippen LogP contribution in [-0.4, -0.2) is 18.9 Å². The molecule has 20 heavy (non-hydrogen) atoms. The zero-order chi connectivity index (χ0) is 15.2. The van der Waals surface area contributed by atoms with Crippen LogP contribution in [0, 0.1) is 5.41 Å². The molecule has 0 heterocycles. The van der Waals surface area contributed by atoms with Crippen molar-refractivity contribution in [3.8, 4) is 0 Å². The van der Waals surface area contributed by atoms with Gasteiger partial charge in [0, 0.05) is 5.71 Å². The molecule has 0 bridgehead atoms. The van der Waals surface area contributed by atoms with E-state index in [1.807, 2.05) is 0 Å². The number of hydrogen-bond donors (Lipinski definition) is 1. The molecule has 0 unspecified atom stereocenters. The Morgan fingerprint density at radius 1 is 0.950 bits per heavy atom. The van der Waals surface area contributed by atoms with E-state index in [1.165, 1.54) is 36.8 Å². The SMILES string of the molecule is CCCCCCC=C(CCC=C(C)C)COCC(C)=N. The van der Waals surface area contributed by atoms with Crippen LogP contribution in [0.5, 0.6) is 0 Å². The van der Waals surface area contributed by atoms with Gasteiger partial charge in [0.15, 0.2) is 0 Å². The molecule has 1 N–H and O–H groups in total. The highest BCUT2D eigenvalue weighted by Gasteiger charge is 1.99. The first-order chi connectivity index (χ1) is 9.56. The van der Waals surface area contributed by atoms with Gasteiger partial charge in [0.25, 0.3) is 0 Å². The fourth-order valence-corrected chi connectivity index (χ4v) is 1.99. The second-order valence-electron chi connectivity index (χ2n) is 5.80. The molecule has 2 heteroatoms. The monoisotopic (exact) mass is 279 g/mol. The fraction of sp³-hybridized carbons (Fsp3) is 0.722. The maximum absolute atomic E-state index is 7.39. The third kappa shape index (κ3) is 13.5. The first-order valence-electron chi connectivity index (χ1n) is 7.99. The zero-order valence-electron chi connectivity index (χ0n) is 13.9. The number of ether oxygens (including phenoxy) is 1. The standard InChI is InChI=1S/C18H33NO/c1-5-6-7-8-9-12-18(13-10-11-16(2)3)15-20-14-17(4)19/h11-12,19H,5-10,13-15H2,1-4H3. The van der Waals surface area contributed by atoms with Gasteiger partial charge in [0.2, 0.25) is 0 Å². The van der Waals surface area contributed by atoms with Crippen LogP contribution in [0.15, 0.2) is 23.3 Å². The molecule has 0 saturated carbocycles. The van der Waals surface area contributed by atoms with E-state index >= 15 is 0 Å². The molecule has 0 aliphatic carbocycles. The molecule has 0 aliphatic heterocycles. The smallest absolute Gasteiger partial charge is 0.0843 e. The van der Waals surface area contributed by atoms with Crippen molar-refractivity contribution in [3.05, 3.63) is 23.3 Å². The lowest BCUT2D eigenvalue weighted by Gasteiger charge is -2.08. The highest BCUT2D eigenvalue weighted by atomic mass is 16.5. The molecule has 116 valence electrons. The largest absolute Gasteiger partial charge is 0.371 e. The number of allylic oxidation sites excluding steroid dienone is 3. The third-order valence-corrected chi connectivity index (χ3v) is 3.11. The average molecular weight is 279 g/mol. The first-order valence-corrected chi connectivity index (χ1v) is 7.99. The Morgan fingerprint density at radius 3 is 2.30 bits per heavy atom. The number of nitrogens with one attached hydrogen (secondary N) is 1. The van der Waals surface area contributed by atoms with Gasteiger partial charge in [0.1, 0.15) is 0 Å². The van der Waals surface area contributed by atoms with E-state index in [9.17, 15) is 0 Å². The Hall–Kier alpha value is -0.890. The second-order valence-corrected chi connectivity index (χ2v) is 5.80. The third-order valence-electron chi connectivity index (χ3n) is 3.11.